The summed E-state index contributed by atoms with van der Waals surface area (Å²) < 4.78 is 0. The van der Waals surface area contributed by atoms with Gasteiger partial charge in [-0.3, -0.25) is 0 Å². The summed E-state index contributed by atoms with van der Waals surface area (Å²) in [6, 6.07) is 0. The lowest BCUT2D eigenvalue weighted by molar-refractivity contribution is 0.876. The number of anilines is 1. The Kier molecular flexibility index (Phi) is 3.07. The van der Waals surface area contributed by atoms with Gasteiger partial charge in [0.2, 0.25) is 0 Å². The zero-order chi connectivity index (χ0) is 11.0. The molecule has 1 atom stereocenters. The molecule has 0 fully saturated rings. The normalized spacial score (nSPS) is 20.9. The van der Waals surface area contributed by atoms with E-state index in [-0.39, 0.29) is 0 Å². The SMILES string of the molecule is CCC1=CSC(C)N1c1sc(C)nc1C. The van der Waals surface area contributed by atoms with Crippen LogP contribution in [0.15, 0.2) is 11.1 Å². The molecule has 2 rings (SSSR count). The van der Waals surface area contributed by atoms with Crippen molar-refractivity contribution < 1.29 is 0 Å². The molecule has 0 aliphatic carbocycles. The van der Waals surface area contributed by atoms with Gasteiger partial charge in [-0.05, 0) is 32.6 Å². The van der Waals surface area contributed by atoms with E-state index < -0.39 is 0 Å². The Balaban J connectivity index is 2.37. The molecule has 1 unspecified atom stereocenters. The number of hydrogen-bond acceptors (Lipinski definition) is 4. The molecule has 2 nitrogen and oxygen atoms in total. The van der Waals surface area contributed by atoms with Crippen molar-refractivity contribution in [2.45, 2.75) is 39.5 Å². The highest BCUT2D eigenvalue weighted by atomic mass is 32.2. The number of aromatic nitrogens is 1. The van der Waals surface area contributed by atoms with E-state index in [1.54, 1.807) is 11.3 Å². The van der Waals surface area contributed by atoms with Gasteiger partial charge in [-0.15, -0.1) is 23.1 Å². The third-order valence-corrected chi connectivity index (χ3v) is 4.62. The van der Waals surface area contributed by atoms with Crippen molar-refractivity contribution in [1.82, 2.24) is 4.98 Å². The van der Waals surface area contributed by atoms with Gasteiger partial charge in [-0.25, -0.2) is 4.98 Å². The molecular formula is C11H16N2S2. The number of nitrogens with zero attached hydrogens (tertiary/aromatic N) is 2. The molecule has 1 aromatic heterocycles. The minimum Gasteiger partial charge on any atom is -0.322 e. The molecule has 1 aromatic rings. The van der Waals surface area contributed by atoms with Crippen LogP contribution in [0.3, 0.4) is 0 Å². The zero-order valence-corrected chi connectivity index (χ0v) is 11.2. The first-order chi connectivity index (χ1) is 7.13. The predicted molar refractivity (Wildman–Crippen MR) is 69.5 cm³/mol. The smallest absolute Gasteiger partial charge is 0.119 e. The van der Waals surface area contributed by atoms with Crippen LogP contribution in [0.4, 0.5) is 5.00 Å². The molecule has 82 valence electrons. The summed E-state index contributed by atoms with van der Waals surface area (Å²) in [7, 11) is 0. The number of thioether (sulfide) groups is 1. The Morgan fingerprint density at radius 3 is 2.73 bits per heavy atom. The monoisotopic (exact) mass is 240 g/mol. The highest BCUT2D eigenvalue weighted by Gasteiger charge is 2.26. The lowest BCUT2D eigenvalue weighted by atomic mass is 10.3. The molecule has 0 radical (unpaired) electrons. The van der Waals surface area contributed by atoms with Crippen molar-refractivity contribution in [2.75, 3.05) is 4.90 Å². The van der Waals surface area contributed by atoms with E-state index >= 15 is 0 Å². The van der Waals surface area contributed by atoms with Crippen LogP contribution in [0.5, 0.6) is 0 Å². The van der Waals surface area contributed by atoms with Crippen LogP contribution in [0.25, 0.3) is 0 Å². The van der Waals surface area contributed by atoms with Crippen LogP contribution in [0.2, 0.25) is 0 Å². The van der Waals surface area contributed by atoms with Gasteiger partial charge >= 0.3 is 0 Å². The fraction of sp³-hybridized carbons (Fsp3) is 0.545. The lowest BCUT2D eigenvalue weighted by Crippen LogP contribution is -2.25. The van der Waals surface area contributed by atoms with Crippen molar-refractivity contribution >= 4 is 28.1 Å². The highest BCUT2D eigenvalue weighted by molar-refractivity contribution is 8.03. The largest absolute Gasteiger partial charge is 0.322 e. The van der Waals surface area contributed by atoms with Crippen LogP contribution in [0.1, 0.15) is 31.0 Å². The maximum atomic E-state index is 4.50. The second-order valence-corrected chi connectivity index (χ2v) is 6.06. The maximum Gasteiger partial charge on any atom is 0.119 e. The van der Waals surface area contributed by atoms with Crippen LogP contribution >= 0.6 is 23.1 Å². The molecule has 15 heavy (non-hydrogen) atoms. The van der Waals surface area contributed by atoms with E-state index in [0.29, 0.717) is 5.37 Å². The van der Waals surface area contributed by atoms with Gasteiger partial charge in [0.1, 0.15) is 5.00 Å². The summed E-state index contributed by atoms with van der Waals surface area (Å²) in [4.78, 5) is 6.92. The zero-order valence-electron chi connectivity index (χ0n) is 9.57. The number of thiazole rings is 1. The average molecular weight is 240 g/mol. The topological polar surface area (TPSA) is 16.1 Å². The molecular weight excluding hydrogens is 224 g/mol. The van der Waals surface area contributed by atoms with Gasteiger partial charge < -0.3 is 4.90 Å². The third-order valence-electron chi connectivity index (χ3n) is 2.53. The Labute approximate surface area is 99.4 Å². The molecule has 0 aromatic carbocycles. The van der Waals surface area contributed by atoms with Gasteiger partial charge in [0, 0.05) is 5.70 Å². The fourth-order valence-electron chi connectivity index (χ4n) is 1.82. The van der Waals surface area contributed by atoms with Crippen molar-refractivity contribution in [1.29, 1.82) is 0 Å². The Morgan fingerprint density at radius 2 is 2.20 bits per heavy atom. The number of allylic oxidation sites excluding steroid dienone is 1. The van der Waals surface area contributed by atoms with E-state index in [1.807, 2.05) is 11.8 Å². The van der Waals surface area contributed by atoms with Gasteiger partial charge in [-0.1, -0.05) is 6.92 Å². The summed E-state index contributed by atoms with van der Waals surface area (Å²) in [6.45, 7) is 8.63. The van der Waals surface area contributed by atoms with Crippen LogP contribution in [0, 0.1) is 13.8 Å². The molecule has 1 aliphatic heterocycles. The highest BCUT2D eigenvalue weighted by Crippen LogP contribution is 2.40. The van der Waals surface area contributed by atoms with Crippen molar-refractivity contribution in [2.24, 2.45) is 0 Å². The van der Waals surface area contributed by atoms with E-state index in [9.17, 15) is 0 Å². The average Bonchev–Trinajstić information content (AvgIpc) is 2.69. The fourth-order valence-corrected chi connectivity index (χ4v) is 3.91. The number of rotatable bonds is 2. The van der Waals surface area contributed by atoms with Crippen LogP contribution in [-0.2, 0) is 0 Å². The first kappa shape index (κ1) is 11.0. The molecule has 0 bridgehead atoms. The third kappa shape index (κ3) is 1.93. The van der Waals surface area contributed by atoms with Gasteiger partial charge in [0.05, 0.1) is 16.1 Å². The quantitative estimate of drug-likeness (QED) is 0.779. The number of aryl methyl sites for hydroxylation is 2. The van der Waals surface area contributed by atoms with E-state index in [2.05, 4.69) is 43.0 Å². The standard InChI is InChI=1S/C11H16N2S2/c1-5-10-6-14-9(4)13(10)11-7(2)12-8(3)15-11/h6,9H,5H2,1-4H3. The Bertz CT molecular complexity index is 395. The summed E-state index contributed by atoms with van der Waals surface area (Å²) in [6.07, 6.45) is 1.09. The first-order valence-electron chi connectivity index (χ1n) is 5.21. The van der Waals surface area contributed by atoms with E-state index in [0.717, 1.165) is 17.1 Å². The Morgan fingerprint density at radius 1 is 1.47 bits per heavy atom. The van der Waals surface area contributed by atoms with Gasteiger partial charge in [0.25, 0.3) is 0 Å². The summed E-state index contributed by atoms with van der Waals surface area (Å²) in [5, 5.41) is 5.26. The molecule has 0 N–H and O–H groups in total. The number of hydrogen-bond donors (Lipinski definition) is 0. The molecule has 2 heterocycles. The summed E-state index contributed by atoms with van der Waals surface area (Å²) in [5.41, 5.74) is 2.57. The van der Waals surface area contributed by atoms with Crippen LogP contribution < -0.4 is 4.90 Å². The lowest BCUT2D eigenvalue weighted by Gasteiger charge is -2.24. The van der Waals surface area contributed by atoms with E-state index in [4.69, 9.17) is 0 Å². The van der Waals surface area contributed by atoms with Crippen molar-refractivity contribution in [3.05, 3.63) is 21.8 Å². The molecule has 0 amide bonds. The molecule has 1 aliphatic rings. The summed E-state index contributed by atoms with van der Waals surface area (Å²) in [5.74, 6) is 0. The minimum atomic E-state index is 0.512. The van der Waals surface area contributed by atoms with Gasteiger partial charge in [0.15, 0.2) is 0 Å². The van der Waals surface area contributed by atoms with Gasteiger partial charge in [-0.2, -0.15) is 0 Å². The maximum absolute atomic E-state index is 4.50. The predicted octanol–water partition coefficient (Wildman–Crippen LogP) is 3.91. The molecule has 0 spiro atoms. The molecule has 4 heteroatoms. The van der Waals surface area contributed by atoms with E-state index in [1.165, 1.54) is 10.7 Å². The van der Waals surface area contributed by atoms with Crippen molar-refractivity contribution in [3.8, 4) is 0 Å². The minimum absolute atomic E-state index is 0.512. The van der Waals surface area contributed by atoms with Crippen LogP contribution in [-0.4, -0.2) is 10.4 Å². The molecule has 0 saturated heterocycles. The summed E-state index contributed by atoms with van der Waals surface area (Å²) >= 11 is 3.69. The van der Waals surface area contributed by atoms with Crippen molar-refractivity contribution in [3.63, 3.8) is 0 Å². The second kappa shape index (κ2) is 4.18. The second-order valence-electron chi connectivity index (χ2n) is 3.69. The first-order valence-corrected chi connectivity index (χ1v) is 6.97. The Hall–Kier alpha value is -0.480. The molecule has 0 saturated carbocycles.